The molecule has 1 N–H and O–H groups in total. The van der Waals surface area contributed by atoms with E-state index in [2.05, 4.69) is 0 Å². The van der Waals surface area contributed by atoms with Crippen molar-refractivity contribution in [1.29, 1.82) is 0 Å². The molecular formula is C18H22O4S. The molecule has 0 aromatic heterocycles. The minimum Gasteiger partial charge on any atom is -0.389 e. The Balaban J connectivity index is 2.58. The van der Waals surface area contributed by atoms with E-state index >= 15 is 0 Å². The second kappa shape index (κ2) is 6.57. The van der Waals surface area contributed by atoms with Crippen molar-refractivity contribution in [3.8, 4) is 0 Å². The van der Waals surface area contributed by atoms with Crippen LogP contribution in [0.3, 0.4) is 0 Å². The Kier molecular flexibility index (Phi) is 5.11. The second-order valence-corrected chi connectivity index (χ2v) is 7.36. The van der Waals surface area contributed by atoms with Gasteiger partial charge < -0.3 is 5.11 Å². The number of carbonyl (C=O) groups excluding carboxylic acids is 3. The maximum absolute atomic E-state index is 12.4. The molecule has 0 spiro atoms. The molecule has 1 saturated carbocycles. The third-order valence-electron chi connectivity index (χ3n) is 4.64. The first-order chi connectivity index (χ1) is 10.7. The number of thioether (sulfide) groups is 1. The van der Waals surface area contributed by atoms with Gasteiger partial charge in [0.05, 0.1) is 17.4 Å². The minimum atomic E-state index is -1.43. The van der Waals surface area contributed by atoms with Gasteiger partial charge in [-0.3, -0.25) is 14.4 Å². The molecule has 124 valence electrons. The number of aliphatic hydroxyl groups is 1. The molecule has 0 amide bonds. The average Bonchev–Trinajstić information content (AvgIpc) is 2.44. The number of rotatable bonds is 4. The standard InChI is InChI=1S/C18H22O4S/c1-10(19)15-14(21)9-18(3,22)17(11(2)20)16(15)12-5-7-13(23-4)8-6-12/h5-8,15-17,22H,9H2,1-4H3/t15-,16-,17+,18-/m1/s1. The highest BCUT2D eigenvalue weighted by Gasteiger charge is 2.53. The van der Waals surface area contributed by atoms with Crippen molar-refractivity contribution in [1.82, 2.24) is 0 Å². The van der Waals surface area contributed by atoms with E-state index in [0.29, 0.717) is 0 Å². The van der Waals surface area contributed by atoms with Crippen molar-refractivity contribution in [2.45, 2.75) is 43.6 Å². The molecule has 0 unspecified atom stereocenters. The summed E-state index contributed by atoms with van der Waals surface area (Å²) in [6, 6.07) is 7.50. The van der Waals surface area contributed by atoms with Crippen molar-refractivity contribution in [3.63, 3.8) is 0 Å². The first-order valence-electron chi connectivity index (χ1n) is 7.59. The molecule has 1 aromatic carbocycles. The van der Waals surface area contributed by atoms with Crippen LogP contribution in [0.2, 0.25) is 0 Å². The van der Waals surface area contributed by atoms with Crippen LogP contribution in [-0.4, -0.2) is 34.3 Å². The Morgan fingerprint density at radius 1 is 1.17 bits per heavy atom. The summed E-state index contributed by atoms with van der Waals surface area (Å²) < 4.78 is 0. The molecule has 0 radical (unpaired) electrons. The highest BCUT2D eigenvalue weighted by atomic mass is 32.2. The van der Waals surface area contributed by atoms with Gasteiger partial charge in [0.15, 0.2) is 0 Å². The lowest BCUT2D eigenvalue weighted by Gasteiger charge is -2.44. The normalized spacial score (nSPS) is 31.0. The van der Waals surface area contributed by atoms with Crippen LogP contribution < -0.4 is 0 Å². The predicted octanol–water partition coefficient (Wildman–Crippen LogP) is 2.63. The molecule has 0 aliphatic heterocycles. The van der Waals surface area contributed by atoms with Gasteiger partial charge in [-0.2, -0.15) is 0 Å². The van der Waals surface area contributed by atoms with Crippen LogP contribution in [-0.2, 0) is 14.4 Å². The highest BCUT2D eigenvalue weighted by molar-refractivity contribution is 7.98. The van der Waals surface area contributed by atoms with E-state index in [4.69, 9.17) is 0 Å². The lowest BCUT2D eigenvalue weighted by Crippen LogP contribution is -2.53. The summed E-state index contributed by atoms with van der Waals surface area (Å²) in [5.41, 5.74) is -0.686. The van der Waals surface area contributed by atoms with E-state index in [1.165, 1.54) is 20.8 Å². The zero-order valence-electron chi connectivity index (χ0n) is 13.8. The van der Waals surface area contributed by atoms with Crippen molar-refractivity contribution >= 4 is 29.1 Å². The lowest BCUT2D eigenvalue weighted by atomic mass is 9.60. The van der Waals surface area contributed by atoms with Crippen LogP contribution in [0.15, 0.2) is 29.2 Å². The predicted molar refractivity (Wildman–Crippen MR) is 89.6 cm³/mol. The van der Waals surface area contributed by atoms with Crippen molar-refractivity contribution in [3.05, 3.63) is 29.8 Å². The number of carbonyl (C=O) groups is 3. The number of hydrogen-bond acceptors (Lipinski definition) is 5. The lowest BCUT2D eigenvalue weighted by molar-refractivity contribution is -0.151. The molecule has 0 heterocycles. The monoisotopic (exact) mass is 334 g/mol. The summed E-state index contributed by atoms with van der Waals surface area (Å²) >= 11 is 1.59. The summed E-state index contributed by atoms with van der Waals surface area (Å²) in [5, 5.41) is 10.7. The average molecular weight is 334 g/mol. The van der Waals surface area contributed by atoms with E-state index in [-0.39, 0.29) is 23.8 Å². The van der Waals surface area contributed by atoms with Crippen molar-refractivity contribution in [2.75, 3.05) is 6.26 Å². The van der Waals surface area contributed by atoms with Crippen molar-refractivity contribution < 1.29 is 19.5 Å². The smallest absolute Gasteiger partial charge is 0.146 e. The molecular weight excluding hydrogens is 312 g/mol. The third-order valence-corrected chi connectivity index (χ3v) is 5.39. The Morgan fingerprint density at radius 3 is 2.17 bits per heavy atom. The molecule has 5 heteroatoms. The van der Waals surface area contributed by atoms with Crippen LogP contribution in [0, 0.1) is 11.8 Å². The van der Waals surface area contributed by atoms with Gasteiger partial charge in [0.25, 0.3) is 0 Å². The van der Waals surface area contributed by atoms with Gasteiger partial charge in [-0.05, 0) is 44.7 Å². The molecule has 2 rings (SSSR count). The Morgan fingerprint density at radius 2 is 1.74 bits per heavy atom. The Labute approximate surface area is 140 Å². The zero-order valence-corrected chi connectivity index (χ0v) is 14.6. The largest absolute Gasteiger partial charge is 0.389 e. The van der Waals surface area contributed by atoms with Crippen LogP contribution in [0.4, 0.5) is 0 Å². The molecule has 0 bridgehead atoms. The summed E-state index contributed by atoms with van der Waals surface area (Å²) in [4.78, 5) is 37.8. The molecule has 4 atom stereocenters. The van der Waals surface area contributed by atoms with Crippen LogP contribution in [0.5, 0.6) is 0 Å². The summed E-state index contributed by atoms with van der Waals surface area (Å²) in [5.74, 6) is -3.00. The maximum atomic E-state index is 12.4. The second-order valence-electron chi connectivity index (χ2n) is 6.48. The third kappa shape index (κ3) is 3.40. The minimum absolute atomic E-state index is 0.166. The number of Topliss-reactive ketones (excluding diaryl/α,β-unsaturated/α-hetero) is 3. The van der Waals surface area contributed by atoms with Gasteiger partial charge >= 0.3 is 0 Å². The molecule has 0 saturated heterocycles. The first kappa shape index (κ1) is 17.9. The van der Waals surface area contributed by atoms with E-state index in [1.54, 1.807) is 11.8 Å². The molecule has 1 aromatic rings. The molecule has 1 fully saturated rings. The number of ketones is 3. The maximum Gasteiger partial charge on any atom is 0.146 e. The van der Waals surface area contributed by atoms with Gasteiger partial charge in [-0.1, -0.05) is 12.1 Å². The van der Waals surface area contributed by atoms with Crippen LogP contribution in [0.1, 0.15) is 38.7 Å². The topological polar surface area (TPSA) is 71.4 Å². The van der Waals surface area contributed by atoms with E-state index in [1.807, 2.05) is 30.5 Å². The first-order valence-corrected chi connectivity index (χ1v) is 8.81. The molecule has 4 nitrogen and oxygen atoms in total. The summed E-state index contributed by atoms with van der Waals surface area (Å²) in [6.07, 6.45) is 1.79. The zero-order chi connectivity index (χ0) is 17.4. The molecule has 23 heavy (non-hydrogen) atoms. The SMILES string of the molecule is CSc1ccc([C@@H]2[C@H](C(C)=O)C(=O)C[C@@](C)(O)[C@H]2C(C)=O)cc1. The fraction of sp³-hybridized carbons (Fsp3) is 0.500. The fourth-order valence-electron chi connectivity index (χ4n) is 3.73. The number of benzene rings is 1. The van der Waals surface area contributed by atoms with Gasteiger partial charge in [0, 0.05) is 17.2 Å². The van der Waals surface area contributed by atoms with Gasteiger partial charge in [-0.15, -0.1) is 11.8 Å². The summed E-state index contributed by atoms with van der Waals surface area (Å²) in [7, 11) is 0. The highest BCUT2D eigenvalue weighted by Crippen LogP contribution is 2.46. The van der Waals surface area contributed by atoms with Crippen molar-refractivity contribution in [2.24, 2.45) is 11.8 Å². The van der Waals surface area contributed by atoms with E-state index in [0.717, 1.165) is 10.5 Å². The molecule has 1 aliphatic carbocycles. The number of hydrogen-bond donors (Lipinski definition) is 1. The van der Waals surface area contributed by atoms with Gasteiger partial charge in [-0.25, -0.2) is 0 Å². The fourth-order valence-corrected chi connectivity index (χ4v) is 4.14. The molecule has 1 aliphatic rings. The Bertz CT molecular complexity index is 633. The van der Waals surface area contributed by atoms with Gasteiger partial charge in [0.2, 0.25) is 0 Å². The summed E-state index contributed by atoms with van der Waals surface area (Å²) in [6.45, 7) is 4.30. The quantitative estimate of drug-likeness (QED) is 0.677. The van der Waals surface area contributed by atoms with Crippen LogP contribution >= 0.6 is 11.8 Å². The Hall–Kier alpha value is -1.46. The van der Waals surface area contributed by atoms with E-state index < -0.39 is 23.4 Å². The van der Waals surface area contributed by atoms with Gasteiger partial charge in [0.1, 0.15) is 17.3 Å². The van der Waals surface area contributed by atoms with Crippen LogP contribution in [0.25, 0.3) is 0 Å². The van der Waals surface area contributed by atoms with E-state index in [9.17, 15) is 19.5 Å².